The van der Waals surface area contributed by atoms with Crippen molar-refractivity contribution in [2.24, 2.45) is 0 Å². The number of phenolic OH excluding ortho intramolecular Hbond substituents is 1. The van der Waals surface area contributed by atoms with Gasteiger partial charge >= 0.3 is 0 Å². The Morgan fingerprint density at radius 1 is 1.13 bits per heavy atom. The molecule has 30 heavy (non-hydrogen) atoms. The zero-order valence-electron chi connectivity index (χ0n) is 17.0. The lowest BCUT2D eigenvalue weighted by molar-refractivity contribution is 0.176. The van der Waals surface area contributed by atoms with E-state index in [1.165, 1.54) is 0 Å². The molecular weight excluding hydrogens is 383 g/mol. The molecule has 7 nitrogen and oxygen atoms in total. The summed E-state index contributed by atoms with van der Waals surface area (Å²) in [6.45, 7) is 1.93. The summed E-state index contributed by atoms with van der Waals surface area (Å²) in [5.74, 6) is 0.748. The Hall–Kier alpha value is -3.00. The predicted molar refractivity (Wildman–Crippen MR) is 113 cm³/mol. The van der Waals surface area contributed by atoms with Gasteiger partial charge in [0, 0.05) is 36.0 Å². The van der Waals surface area contributed by atoms with Crippen LogP contribution in [0.5, 0.6) is 5.75 Å². The summed E-state index contributed by atoms with van der Waals surface area (Å²) in [5, 5.41) is 21.0. The quantitative estimate of drug-likeness (QED) is 0.614. The van der Waals surface area contributed by atoms with Crippen molar-refractivity contribution in [3.05, 3.63) is 42.4 Å². The van der Waals surface area contributed by atoms with Gasteiger partial charge in [0.25, 0.3) is 0 Å². The number of hydrogen-bond donors (Lipinski definition) is 3. The van der Waals surface area contributed by atoms with Gasteiger partial charge in [-0.1, -0.05) is 6.07 Å². The van der Waals surface area contributed by atoms with Crippen LogP contribution in [-0.2, 0) is 0 Å². The van der Waals surface area contributed by atoms with E-state index < -0.39 is 6.17 Å². The number of fused-ring (bicyclic) bond motifs is 2. The number of aromatic amines is 1. The second kappa shape index (κ2) is 7.36. The molecule has 0 saturated carbocycles. The first-order valence-corrected chi connectivity index (χ1v) is 10.3. The van der Waals surface area contributed by atoms with Crippen LogP contribution in [0.1, 0.15) is 25.0 Å². The van der Waals surface area contributed by atoms with Gasteiger partial charge in [-0.2, -0.15) is 5.10 Å². The molecule has 4 atom stereocenters. The van der Waals surface area contributed by atoms with Gasteiger partial charge in [0.15, 0.2) is 0 Å². The Morgan fingerprint density at radius 2 is 2.00 bits per heavy atom. The average molecular weight is 408 g/mol. The minimum Gasteiger partial charge on any atom is -0.507 e. The normalized spacial score (nSPS) is 25.4. The van der Waals surface area contributed by atoms with Gasteiger partial charge in [-0.3, -0.25) is 10.1 Å². The Bertz CT molecular complexity index is 1050. The second-order valence-corrected chi connectivity index (χ2v) is 8.33. The van der Waals surface area contributed by atoms with E-state index in [1.807, 2.05) is 37.1 Å². The van der Waals surface area contributed by atoms with Gasteiger partial charge in [0.05, 0.1) is 29.8 Å². The molecule has 3 aromatic rings. The molecule has 2 bridgehead atoms. The van der Waals surface area contributed by atoms with Crippen molar-refractivity contribution >= 4 is 5.82 Å². The molecule has 156 valence electrons. The van der Waals surface area contributed by atoms with E-state index in [9.17, 15) is 9.50 Å². The number of phenols is 1. The van der Waals surface area contributed by atoms with Gasteiger partial charge in [0.1, 0.15) is 17.7 Å². The number of piperidine rings is 1. The molecule has 2 aliphatic heterocycles. The third-order valence-corrected chi connectivity index (χ3v) is 6.33. The Labute approximate surface area is 174 Å². The fourth-order valence-corrected chi connectivity index (χ4v) is 4.63. The van der Waals surface area contributed by atoms with Crippen molar-refractivity contribution in [3.8, 4) is 28.3 Å². The predicted octanol–water partition coefficient (Wildman–Crippen LogP) is 3.21. The summed E-state index contributed by atoms with van der Waals surface area (Å²) in [4.78, 5) is 10.9. The number of rotatable bonds is 4. The SMILES string of the molecule is Cc1cc(-c2ccc(-c3cnc(N(C)[C@@H]4CC5CCC(N5)[C@@H]4F)cn3)c(O)c2)n[nH]1. The van der Waals surface area contributed by atoms with Crippen molar-refractivity contribution in [2.45, 2.75) is 50.5 Å². The Kier molecular flexibility index (Phi) is 4.66. The molecule has 5 rings (SSSR count). The van der Waals surface area contributed by atoms with Gasteiger partial charge in [-0.05, 0) is 44.4 Å². The zero-order chi connectivity index (χ0) is 20.8. The Balaban J connectivity index is 1.36. The molecule has 2 unspecified atom stereocenters. The van der Waals surface area contributed by atoms with Crippen molar-refractivity contribution in [2.75, 3.05) is 11.9 Å². The smallest absolute Gasteiger partial charge is 0.147 e. The van der Waals surface area contributed by atoms with E-state index in [1.54, 1.807) is 18.5 Å². The largest absolute Gasteiger partial charge is 0.507 e. The summed E-state index contributed by atoms with van der Waals surface area (Å²) in [7, 11) is 1.88. The molecule has 4 heterocycles. The van der Waals surface area contributed by atoms with Crippen LogP contribution >= 0.6 is 0 Å². The lowest BCUT2D eigenvalue weighted by Crippen LogP contribution is -2.55. The van der Waals surface area contributed by atoms with Crippen LogP contribution in [-0.4, -0.2) is 56.6 Å². The number of hydrogen-bond acceptors (Lipinski definition) is 6. The molecule has 1 aromatic carbocycles. The number of halogens is 1. The fourth-order valence-electron chi connectivity index (χ4n) is 4.63. The zero-order valence-corrected chi connectivity index (χ0v) is 17.0. The van der Waals surface area contributed by atoms with Crippen LogP contribution in [0.25, 0.3) is 22.5 Å². The van der Waals surface area contributed by atoms with Crippen LogP contribution in [0.2, 0.25) is 0 Å². The molecule has 0 aliphatic carbocycles. The van der Waals surface area contributed by atoms with E-state index in [4.69, 9.17) is 0 Å². The number of benzene rings is 1. The standard InChI is InChI=1S/C22H25FN6O/c1-12-7-17(28-27-12)13-3-5-15(20(30)8-13)18-10-25-21(11-24-18)29(2)19-9-14-4-6-16(26-14)22(19)23/h3,5,7-8,10-11,14,16,19,22,26,30H,4,6,9H2,1-2H3,(H,27,28)/t14?,16?,19-,22+/m1/s1. The van der Waals surface area contributed by atoms with Crippen LogP contribution in [0.4, 0.5) is 10.2 Å². The van der Waals surface area contributed by atoms with Crippen molar-refractivity contribution in [1.82, 2.24) is 25.5 Å². The van der Waals surface area contributed by atoms with Gasteiger partial charge in [0.2, 0.25) is 0 Å². The monoisotopic (exact) mass is 408 g/mol. The molecule has 8 heteroatoms. The number of aromatic hydroxyl groups is 1. The Morgan fingerprint density at radius 3 is 2.70 bits per heavy atom. The highest BCUT2D eigenvalue weighted by atomic mass is 19.1. The highest BCUT2D eigenvalue weighted by molar-refractivity contribution is 5.73. The molecule has 0 spiro atoms. The maximum absolute atomic E-state index is 14.9. The topological polar surface area (TPSA) is 90.0 Å². The fraction of sp³-hybridized carbons (Fsp3) is 0.409. The number of anilines is 1. The summed E-state index contributed by atoms with van der Waals surface area (Å²) in [6, 6.07) is 7.42. The number of aryl methyl sites for hydroxylation is 1. The van der Waals surface area contributed by atoms with Crippen LogP contribution < -0.4 is 10.2 Å². The lowest BCUT2D eigenvalue weighted by Gasteiger charge is -2.38. The number of alkyl halides is 1. The first-order chi connectivity index (χ1) is 14.5. The van der Waals surface area contributed by atoms with E-state index in [0.29, 0.717) is 23.1 Å². The van der Waals surface area contributed by atoms with Crippen molar-refractivity contribution < 1.29 is 9.50 Å². The molecule has 2 fully saturated rings. The minimum atomic E-state index is -0.919. The molecule has 2 aromatic heterocycles. The van der Waals surface area contributed by atoms with Gasteiger partial charge in [-0.25, -0.2) is 9.37 Å². The number of aromatic nitrogens is 4. The molecular formula is C22H25FN6O. The summed E-state index contributed by atoms with van der Waals surface area (Å²) < 4.78 is 14.9. The first-order valence-electron chi connectivity index (χ1n) is 10.3. The third-order valence-electron chi connectivity index (χ3n) is 6.33. The maximum atomic E-state index is 14.9. The van der Waals surface area contributed by atoms with Crippen molar-refractivity contribution in [1.29, 1.82) is 0 Å². The van der Waals surface area contributed by atoms with E-state index in [0.717, 1.165) is 36.2 Å². The first kappa shape index (κ1) is 19.0. The molecule has 0 radical (unpaired) electrons. The second-order valence-electron chi connectivity index (χ2n) is 8.33. The lowest BCUT2D eigenvalue weighted by atomic mass is 9.96. The highest BCUT2D eigenvalue weighted by Gasteiger charge is 2.43. The van der Waals surface area contributed by atoms with Crippen LogP contribution in [0.3, 0.4) is 0 Å². The number of H-pyrrole nitrogens is 1. The van der Waals surface area contributed by atoms with E-state index in [2.05, 4.69) is 25.5 Å². The summed E-state index contributed by atoms with van der Waals surface area (Å²) in [6.07, 6.45) is 5.06. The minimum absolute atomic E-state index is 0.0581. The molecule has 2 saturated heterocycles. The van der Waals surface area contributed by atoms with Crippen molar-refractivity contribution in [3.63, 3.8) is 0 Å². The van der Waals surface area contributed by atoms with E-state index >= 15 is 0 Å². The van der Waals surface area contributed by atoms with Crippen LogP contribution in [0.15, 0.2) is 36.7 Å². The van der Waals surface area contributed by atoms with E-state index in [-0.39, 0.29) is 17.8 Å². The number of nitrogens with one attached hydrogen (secondary N) is 2. The molecule has 3 N–H and O–H groups in total. The van der Waals surface area contributed by atoms with Gasteiger partial charge in [-0.15, -0.1) is 0 Å². The third kappa shape index (κ3) is 3.31. The molecule has 0 amide bonds. The highest BCUT2D eigenvalue weighted by Crippen LogP contribution is 2.34. The summed E-state index contributed by atoms with van der Waals surface area (Å²) in [5.41, 5.74) is 3.71. The molecule has 2 aliphatic rings. The summed E-state index contributed by atoms with van der Waals surface area (Å²) >= 11 is 0. The average Bonchev–Trinajstić information content (AvgIpc) is 3.37. The van der Waals surface area contributed by atoms with Gasteiger partial charge < -0.3 is 15.3 Å². The maximum Gasteiger partial charge on any atom is 0.147 e. The van der Waals surface area contributed by atoms with Crippen LogP contribution in [0, 0.1) is 6.92 Å². The number of nitrogens with zero attached hydrogens (tertiary/aromatic N) is 4.